The van der Waals surface area contributed by atoms with Crippen LogP contribution in [0.25, 0.3) is 0 Å². The van der Waals surface area contributed by atoms with E-state index >= 15 is 0 Å². The fourth-order valence-corrected chi connectivity index (χ4v) is 9.09. The fraction of sp³-hybridized carbons (Fsp3) is 0.500. The maximum Gasteiger partial charge on any atom is 0.253 e. The molecule has 1 aliphatic heterocycles. The molecule has 39 heavy (non-hydrogen) atoms. The van der Waals surface area contributed by atoms with Crippen molar-refractivity contribution in [2.24, 2.45) is 17.3 Å². The molecule has 0 spiro atoms. The second-order valence-electron chi connectivity index (χ2n) is 13.2. The number of hydrogen-bond acceptors (Lipinski definition) is 2. The van der Waals surface area contributed by atoms with Gasteiger partial charge < -0.3 is 4.90 Å². The Bertz CT molecular complexity index is 1330. The lowest BCUT2D eigenvalue weighted by Crippen LogP contribution is -2.38. The van der Waals surface area contributed by atoms with Gasteiger partial charge in [0.25, 0.3) is 5.91 Å². The van der Waals surface area contributed by atoms with Crippen molar-refractivity contribution >= 4 is 11.7 Å². The molecule has 0 aromatic heterocycles. The first-order chi connectivity index (χ1) is 19.0. The molecule has 5 aliphatic rings. The minimum atomic E-state index is 0.140. The van der Waals surface area contributed by atoms with Gasteiger partial charge in [-0.15, -0.1) is 0 Å². The average molecular weight is 520 g/mol. The highest BCUT2D eigenvalue weighted by atomic mass is 16.2. The van der Waals surface area contributed by atoms with Crippen LogP contribution in [0.2, 0.25) is 0 Å². The summed E-state index contributed by atoms with van der Waals surface area (Å²) in [4.78, 5) is 28.3. The molecular weight excluding hydrogens is 478 g/mol. The number of carbonyl (C=O) groups is 2. The van der Waals surface area contributed by atoms with Crippen LogP contribution in [-0.2, 0) is 4.79 Å². The molecule has 2 aromatic rings. The Morgan fingerprint density at radius 3 is 2.41 bits per heavy atom. The van der Waals surface area contributed by atoms with E-state index in [1.165, 1.54) is 60.8 Å². The number of ketones is 1. The van der Waals surface area contributed by atoms with E-state index in [1.54, 1.807) is 5.57 Å². The standard InChI is InChI=1S/C36H41NO2/c1-36-18-5-8-33(36)30-14-13-28-22-29(38)23-32(34(28)31(30)15-19-36)26-9-11-27(12-10-26)35(39)37-20-16-25(17-21-37)24-6-3-2-4-7-24/h2-4,6-7,9-12,22,25,30,32-33H,5,8,13-21,23H2,1H3/t30-,32?,33+,36+/m1/s1. The number of nitrogens with zero attached hydrogens (tertiary/aromatic N) is 1. The fourth-order valence-electron chi connectivity index (χ4n) is 9.09. The molecule has 3 fully saturated rings. The number of fused-ring (bicyclic) bond motifs is 4. The number of allylic oxidation sites excluding steroid dienone is 4. The van der Waals surface area contributed by atoms with Gasteiger partial charge in [-0.1, -0.05) is 61.4 Å². The summed E-state index contributed by atoms with van der Waals surface area (Å²) in [6, 6.07) is 19.0. The lowest BCUT2D eigenvalue weighted by Gasteiger charge is -2.48. The number of benzene rings is 2. The van der Waals surface area contributed by atoms with Gasteiger partial charge in [0.1, 0.15) is 0 Å². The zero-order valence-corrected chi connectivity index (χ0v) is 23.3. The van der Waals surface area contributed by atoms with Gasteiger partial charge in [-0.2, -0.15) is 0 Å². The SMILES string of the molecule is C[C@@]12CCC[C@H]1[C@@H]1CCC3=CC(=O)CC(c4ccc(C(=O)N5CCC(c6ccccc6)CC5)cc4)C3=C1CC2. The van der Waals surface area contributed by atoms with E-state index in [0.717, 1.165) is 43.8 Å². The second kappa shape index (κ2) is 9.91. The molecule has 1 unspecified atom stereocenters. The van der Waals surface area contributed by atoms with Crippen LogP contribution in [0.4, 0.5) is 0 Å². The number of rotatable bonds is 3. The van der Waals surface area contributed by atoms with Gasteiger partial charge in [0, 0.05) is 31.0 Å². The summed E-state index contributed by atoms with van der Waals surface area (Å²) in [5.74, 6) is 2.61. The predicted octanol–water partition coefficient (Wildman–Crippen LogP) is 8.00. The minimum absolute atomic E-state index is 0.140. The summed E-state index contributed by atoms with van der Waals surface area (Å²) >= 11 is 0. The summed E-state index contributed by atoms with van der Waals surface area (Å²) < 4.78 is 0. The van der Waals surface area contributed by atoms with Crippen LogP contribution in [-0.4, -0.2) is 29.7 Å². The van der Waals surface area contributed by atoms with Gasteiger partial charge in [-0.25, -0.2) is 0 Å². The molecule has 2 aromatic carbocycles. The summed E-state index contributed by atoms with van der Waals surface area (Å²) in [7, 11) is 0. The third-order valence-electron chi connectivity index (χ3n) is 11.2. The topological polar surface area (TPSA) is 37.4 Å². The number of hydrogen-bond donors (Lipinski definition) is 0. The molecule has 3 heteroatoms. The number of carbonyl (C=O) groups excluding carboxylic acids is 2. The van der Waals surface area contributed by atoms with Gasteiger partial charge in [0.15, 0.2) is 5.78 Å². The molecule has 1 amide bonds. The van der Waals surface area contributed by atoms with Crippen LogP contribution < -0.4 is 0 Å². The van der Waals surface area contributed by atoms with E-state index in [2.05, 4.69) is 49.4 Å². The number of likely N-dealkylation sites (tertiary alicyclic amines) is 1. The highest BCUT2D eigenvalue weighted by molar-refractivity contribution is 5.95. The van der Waals surface area contributed by atoms with Crippen molar-refractivity contribution in [3.63, 3.8) is 0 Å². The monoisotopic (exact) mass is 519 g/mol. The van der Waals surface area contributed by atoms with Gasteiger partial charge in [0.05, 0.1) is 0 Å². The third kappa shape index (κ3) is 4.42. The molecule has 4 aliphatic carbocycles. The van der Waals surface area contributed by atoms with E-state index in [4.69, 9.17) is 0 Å². The van der Waals surface area contributed by atoms with Crippen molar-refractivity contribution in [3.05, 3.63) is 94.1 Å². The summed E-state index contributed by atoms with van der Waals surface area (Å²) in [6.45, 7) is 4.16. The zero-order chi connectivity index (χ0) is 26.6. The zero-order valence-electron chi connectivity index (χ0n) is 23.3. The smallest absolute Gasteiger partial charge is 0.253 e. The van der Waals surface area contributed by atoms with Crippen molar-refractivity contribution in [1.29, 1.82) is 0 Å². The summed E-state index contributed by atoms with van der Waals surface area (Å²) in [5, 5.41) is 0. The lowest BCUT2D eigenvalue weighted by molar-refractivity contribution is -0.115. The first-order valence-electron chi connectivity index (χ1n) is 15.4. The van der Waals surface area contributed by atoms with Crippen LogP contribution in [0, 0.1) is 17.3 Å². The Morgan fingerprint density at radius 1 is 0.872 bits per heavy atom. The summed E-state index contributed by atoms with van der Waals surface area (Å²) in [5.41, 5.74) is 8.38. The van der Waals surface area contributed by atoms with Crippen molar-refractivity contribution in [2.45, 2.75) is 83.0 Å². The Balaban J connectivity index is 1.11. The van der Waals surface area contributed by atoms with Crippen molar-refractivity contribution < 1.29 is 9.59 Å². The first kappa shape index (κ1) is 25.1. The molecule has 1 heterocycles. The molecular formula is C36H41NO2. The van der Waals surface area contributed by atoms with Crippen LogP contribution in [0.3, 0.4) is 0 Å². The van der Waals surface area contributed by atoms with Crippen molar-refractivity contribution in [2.75, 3.05) is 13.1 Å². The van der Waals surface area contributed by atoms with Crippen molar-refractivity contribution in [3.8, 4) is 0 Å². The largest absolute Gasteiger partial charge is 0.339 e. The highest BCUT2D eigenvalue weighted by Crippen LogP contribution is 2.61. The quantitative estimate of drug-likeness (QED) is 0.412. The number of piperidine rings is 1. The molecule has 4 atom stereocenters. The van der Waals surface area contributed by atoms with Crippen LogP contribution in [0.5, 0.6) is 0 Å². The first-order valence-corrected chi connectivity index (χ1v) is 15.4. The second-order valence-corrected chi connectivity index (χ2v) is 13.2. The molecule has 7 rings (SSSR count). The molecule has 0 N–H and O–H groups in total. The van der Waals surface area contributed by atoms with Crippen LogP contribution in [0.15, 0.2) is 77.4 Å². The Kier molecular flexibility index (Phi) is 6.37. The maximum absolute atomic E-state index is 13.4. The average Bonchev–Trinajstić information content (AvgIpc) is 3.38. The van der Waals surface area contributed by atoms with E-state index in [0.29, 0.717) is 23.7 Å². The maximum atomic E-state index is 13.4. The third-order valence-corrected chi connectivity index (χ3v) is 11.2. The van der Waals surface area contributed by atoms with E-state index in [9.17, 15) is 9.59 Å². The van der Waals surface area contributed by atoms with E-state index in [-0.39, 0.29) is 17.6 Å². The molecule has 202 valence electrons. The molecule has 0 radical (unpaired) electrons. The van der Waals surface area contributed by atoms with E-state index in [1.807, 2.05) is 23.1 Å². The molecule has 2 saturated carbocycles. The number of amides is 1. The van der Waals surface area contributed by atoms with Gasteiger partial charge in [-0.3, -0.25) is 9.59 Å². The van der Waals surface area contributed by atoms with Crippen molar-refractivity contribution in [1.82, 2.24) is 4.90 Å². The van der Waals surface area contributed by atoms with Crippen LogP contribution >= 0.6 is 0 Å². The van der Waals surface area contributed by atoms with E-state index < -0.39 is 0 Å². The lowest BCUT2D eigenvalue weighted by atomic mass is 9.56. The summed E-state index contributed by atoms with van der Waals surface area (Å²) in [6.07, 6.45) is 13.5. The van der Waals surface area contributed by atoms with Gasteiger partial charge in [-0.05, 0) is 115 Å². The van der Waals surface area contributed by atoms with Gasteiger partial charge >= 0.3 is 0 Å². The Hall–Kier alpha value is -2.94. The molecule has 0 bridgehead atoms. The normalized spacial score (nSPS) is 30.9. The Morgan fingerprint density at radius 2 is 1.64 bits per heavy atom. The minimum Gasteiger partial charge on any atom is -0.339 e. The predicted molar refractivity (Wildman–Crippen MR) is 156 cm³/mol. The Labute approximate surface area is 233 Å². The highest BCUT2D eigenvalue weighted by Gasteiger charge is 2.49. The molecule has 1 saturated heterocycles. The van der Waals surface area contributed by atoms with Gasteiger partial charge in [0.2, 0.25) is 0 Å². The molecule has 3 nitrogen and oxygen atoms in total. The van der Waals surface area contributed by atoms with Crippen LogP contribution in [0.1, 0.15) is 104 Å².